The van der Waals surface area contributed by atoms with Crippen LogP contribution in [0.3, 0.4) is 0 Å². The lowest BCUT2D eigenvalue weighted by Crippen LogP contribution is -2.59. The Morgan fingerprint density at radius 2 is 1.76 bits per heavy atom. The van der Waals surface area contributed by atoms with Crippen LogP contribution in [-0.2, 0) is 20.2 Å². The van der Waals surface area contributed by atoms with Crippen molar-refractivity contribution in [1.29, 1.82) is 0 Å². The molecule has 38 heavy (non-hydrogen) atoms. The van der Waals surface area contributed by atoms with Crippen molar-refractivity contribution in [3.8, 4) is 11.1 Å². The number of hydrogen-bond donors (Lipinski definition) is 1. The number of sulfonamides is 1. The van der Waals surface area contributed by atoms with E-state index in [1.807, 2.05) is 37.6 Å². The third-order valence-corrected chi connectivity index (χ3v) is 9.51. The molecule has 4 aliphatic rings. The molecule has 2 saturated heterocycles. The third-order valence-electron chi connectivity index (χ3n) is 8.92. The van der Waals surface area contributed by atoms with E-state index in [1.54, 1.807) is 4.90 Å². The van der Waals surface area contributed by atoms with Gasteiger partial charge in [-0.3, -0.25) is 19.4 Å². The molecule has 10 heteroatoms. The summed E-state index contributed by atoms with van der Waals surface area (Å²) in [6, 6.07) is 8.43. The molecular weight excluding hydrogens is 500 g/mol. The van der Waals surface area contributed by atoms with E-state index in [2.05, 4.69) is 25.6 Å². The van der Waals surface area contributed by atoms with E-state index in [0.717, 1.165) is 78.7 Å². The summed E-state index contributed by atoms with van der Waals surface area (Å²) in [6.07, 6.45) is 10.1. The van der Waals surface area contributed by atoms with Gasteiger partial charge in [-0.25, -0.2) is 13.4 Å². The van der Waals surface area contributed by atoms with E-state index in [4.69, 9.17) is 4.98 Å². The first-order valence-corrected chi connectivity index (χ1v) is 15.3. The molecule has 0 radical (unpaired) electrons. The Morgan fingerprint density at radius 3 is 2.45 bits per heavy atom. The number of nitrogens with one attached hydrogen (secondary N) is 1. The van der Waals surface area contributed by atoms with E-state index < -0.39 is 15.4 Å². The Balaban J connectivity index is 1.27. The average molecular weight is 533 g/mol. The van der Waals surface area contributed by atoms with Crippen LogP contribution >= 0.6 is 0 Å². The highest BCUT2D eigenvalue weighted by atomic mass is 32.2. The van der Waals surface area contributed by atoms with Gasteiger partial charge in [-0.05, 0) is 62.5 Å². The van der Waals surface area contributed by atoms with Crippen LogP contribution in [-0.4, -0.2) is 74.7 Å². The average Bonchev–Trinajstić information content (AvgIpc) is 3.43. The highest BCUT2D eigenvalue weighted by Crippen LogP contribution is 2.55. The summed E-state index contributed by atoms with van der Waals surface area (Å²) in [5.41, 5.74) is 4.60. The number of nitrogens with zero attached hydrogens (tertiary/aromatic N) is 5. The monoisotopic (exact) mass is 532 g/mol. The van der Waals surface area contributed by atoms with Crippen molar-refractivity contribution in [2.45, 2.75) is 43.6 Å². The van der Waals surface area contributed by atoms with Gasteiger partial charge in [-0.2, -0.15) is 0 Å². The summed E-state index contributed by atoms with van der Waals surface area (Å²) in [5.74, 6) is 0.824. The summed E-state index contributed by atoms with van der Waals surface area (Å²) in [6.45, 7) is 3.98. The number of rotatable bonds is 5. The molecule has 3 aromatic rings. The normalized spacial score (nSPS) is 21.2. The maximum Gasteiger partial charge on any atom is 0.237 e. The first-order valence-electron chi connectivity index (χ1n) is 13.4. The molecule has 0 unspecified atom stereocenters. The molecule has 7 rings (SSSR count). The van der Waals surface area contributed by atoms with Gasteiger partial charge in [-0.15, -0.1) is 0 Å². The number of benzene rings is 1. The molecule has 0 bridgehead atoms. The van der Waals surface area contributed by atoms with Gasteiger partial charge < -0.3 is 9.80 Å². The van der Waals surface area contributed by atoms with Gasteiger partial charge in [0.05, 0.1) is 34.8 Å². The third kappa shape index (κ3) is 3.60. The molecule has 3 aliphatic heterocycles. The minimum absolute atomic E-state index is 0.158. The van der Waals surface area contributed by atoms with E-state index in [1.165, 1.54) is 19.1 Å². The van der Waals surface area contributed by atoms with Crippen LogP contribution in [0.1, 0.15) is 37.7 Å². The Labute approximate surface area is 222 Å². The Morgan fingerprint density at radius 1 is 1.00 bits per heavy atom. The van der Waals surface area contributed by atoms with Gasteiger partial charge in [0.15, 0.2) is 5.82 Å². The van der Waals surface area contributed by atoms with Crippen molar-refractivity contribution in [1.82, 2.24) is 14.9 Å². The van der Waals surface area contributed by atoms with E-state index in [-0.39, 0.29) is 5.91 Å². The second kappa shape index (κ2) is 8.38. The van der Waals surface area contributed by atoms with Crippen LogP contribution in [0.5, 0.6) is 0 Å². The molecule has 1 amide bonds. The SMILES string of the molecule is CN1C(=O)C2(CCC2)c2c1cnc1ccc(-c3cnc(N4CC(N5CCCC5)C4)c(NS(C)(=O)=O)c3)cc21. The van der Waals surface area contributed by atoms with Gasteiger partial charge in [0.2, 0.25) is 15.9 Å². The molecule has 2 aromatic heterocycles. The van der Waals surface area contributed by atoms with Gasteiger partial charge in [-0.1, -0.05) is 12.5 Å². The highest BCUT2D eigenvalue weighted by molar-refractivity contribution is 7.92. The largest absolute Gasteiger partial charge is 0.352 e. The zero-order valence-corrected chi connectivity index (χ0v) is 22.6. The molecule has 1 aromatic carbocycles. The van der Waals surface area contributed by atoms with Gasteiger partial charge in [0.25, 0.3) is 0 Å². The van der Waals surface area contributed by atoms with Crippen LogP contribution in [0.2, 0.25) is 0 Å². The Hall–Kier alpha value is -3.24. The zero-order chi connectivity index (χ0) is 26.2. The second-order valence-electron chi connectivity index (χ2n) is 11.3. The van der Waals surface area contributed by atoms with Crippen molar-refractivity contribution in [2.75, 3.05) is 54.0 Å². The second-order valence-corrected chi connectivity index (χ2v) is 13.1. The Kier molecular flexibility index (Phi) is 5.26. The summed E-state index contributed by atoms with van der Waals surface area (Å²) in [4.78, 5) is 29.0. The van der Waals surface area contributed by atoms with E-state index >= 15 is 0 Å². The number of anilines is 3. The van der Waals surface area contributed by atoms with E-state index in [9.17, 15) is 13.2 Å². The highest BCUT2D eigenvalue weighted by Gasteiger charge is 2.54. The number of likely N-dealkylation sites (N-methyl/N-ethyl adjacent to an activating group) is 1. The molecule has 1 aliphatic carbocycles. The van der Waals surface area contributed by atoms with Gasteiger partial charge >= 0.3 is 0 Å². The zero-order valence-electron chi connectivity index (χ0n) is 21.8. The molecule has 1 N–H and O–H groups in total. The van der Waals surface area contributed by atoms with Crippen LogP contribution < -0.4 is 14.5 Å². The fourth-order valence-electron chi connectivity index (χ4n) is 6.76. The molecule has 5 heterocycles. The van der Waals surface area contributed by atoms with Crippen molar-refractivity contribution in [2.24, 2.45) is 0 Å². The van der Waals surface area contributed by atoms with E-state index in [0.29, 0.717) is 17.5 Å². The minimum atomic E-state index is -3.49. The summed E-state index contributed by atoms with van der Waals surface area (Å²) < 4.78 is 27.2. The predicted octanol–water partition coefficient (Wildman–Crippen LogP) is 3.35. The smallest absolute Gasteiger partial charge is 0.237 e. The molecule has 1 saturated carbocycles. The number of likely N-dealkylation sites (tertiary alicyclic amines) is 1. The van der Waals surface area contributed by atoms with Crippen LogP contribution in [0, 0.1) is 0 Å². The first kappa shape index (κ1) is 23.8. The number of carbonyl (C=O) groups excluding carboxylic acids is 1. The number of aromatic nitrogens is 2. The number of carbonyl (C=O) groups is 1. The first-order chi connectivity index (χ1) is 18.2. The maximum absolute atomic E-state index is 13.2. The quantitative estimate of drug-likeness (QED) is 0.538. The number of fused-ring (bicyclic) bond motifs is 4. The standard InChI is InChI=1S/C28H32N6O3S/c1-32-24-15-29-22-7-6-18(12-21(22)25(24)28(27(32)35)8-5-9-28)19-13-23(31-38(2,36)37)26(30-14-19)34-16-20(17-34)33-10-3-4-11-33/h6-7,12-15,20,31H,3-5,8-11,16-17H2,1-2H3. The molecule has 9 nitrogen and oxygen atoms in total. The molecule has 198 valence electrons. The molecule has 0 atom stereocenters. The van der Waals surface area contributed by atoms with Crippen molar-refractivity contribution < 1.29 is 13.2 Å². The molecule has 3 fully saturated rings. The lowest BCUT2D eigenvalue weighted by atomic mass is 9.64. The minimum Gasteiger partial charge on any atom is -0.352 e. The summed E-state index contributed by atoms with van der Waals surface area (Å²) in [5, 5.41) is 0.982. The van der Waals surface area contributed by atoms with Gasteiger partial charge in [0, 0.05) is 48.9 Å². The molecule has 1 spiro atoms. The lowest BCUT2D eigenvalue weighted by molar-refractivity contribution is -0.125. The fourth-order valence-corrected chi connectivity index (χ4v) is 7.31. The van der Waals surface area contributed by atoms with Crippen LogP contribution in [0.4, 0.5) is 17.2 Å². The number of amides is 1. The van der Waals surface area contributed by atoms with Crippen molar-refractivity contribution in [3.05, 3.63) is 42.2 Å². The van der Waals surface area contributed by atoms with Crippen LogP contribution in [0.15, 0.2) is 36.7 Å². The van der Waals surface area contributed by atoms with Crippen LogP contribution in [0.25, 0.3) is 22.0 Å². The number of pyridine rings is 2. The maximum atomic E-state index is 13.2. The summed E-state index contributed by atoms with van der Waals surface area (Å²) >= 11 is 0. The Bertz CT molecular complexity index is 1570. The van der Waals surface area contributed by atoms with Gasteiger partial charge in [0.1, 0.15) is 0 Å². The van der Waals surface area contributed by atoms with Crippen molar-refractivity contribution >= 4 is 44.0 Å². The number of hydrogen-bond acceptors (Lipinski definition) is 7. The predicted molar refractivity (Wildman–Crippen MR) is 149 cm³/mol. The molecular formula is C28H32N6O3S. The van der Waals surface area contributed by atoms with Crippen molar-refractivity contribution in [3.63, 3.8) is 0 Å². The topological polar surface area (TPSA) is 98.7 Å². The fraction of sp³-hybridized carbons (Fsp3) is 0.464. The lowest BCUT2D eigenvalue weighted by Gasteiger charge is -2.45. The summed E-state index contributed by atoms with van der Waals surface area (Å²) in [7, 11) is -1.66.